The number of esters is 1. The summed E-state index contributed by atoms with van der Waals surface area (Å²) in [6.07, 6.45) is 1.40. The lowest BCUT2D eigenvalue weighted by Gasteiger charge is -2.09. The maximum atomic E-state index is 12.2. The van der Waals surface area contributed by atoms with Crippen LogP contribution >= 0.6 is 0 Å². The number of hydrogen-bond donors (Lipinski definition) is 2. The summed E-state index contributed by atoms with van der Waals surface area (Å²) in [7, 11) is 0. The third-order valence-electron chi connectivity index (χ3n) is 4.95. The lowest BCUT2D eigenvalue weighted by Crippen LogP contribution is -2.41. The number of nitrogens with one attached hydrogen (secondary N) is 2. The molecule has 0 atom stereocenters. The maximum absolute atomic E-state index is 12.2. The van der Waals surface area contributed by atoms with Crippen molar-refractivity contribution in [1.82, 2.24) is 10.9 Å². The molecule has 0 radical (unpaired) electrons. The summed E-state index contributed by atoms with van der Waals surface area (Å²) >= 11 is 0. The van der Waals surface area contributed by atoms with Crippen molar-refractivity contribution in [2.75, 3.05) is 6.61 Å². The molecule has 3 aromatic carbocycles. The number of rotatable bonds is 11. The highest BCUT2D eigenvalue weighted by atomic mass is 16.5. The monoisotopic (exact) mass is 460 g/mol. The van der Waals surface area contributed by atoms with Crippen molar-refractivity contribution in [3.63, 3.8) is 0 Å². The zero-order valence-electron chi connectivity index (χ0n) is 18.9. The van der Waals surface area contributed by atoms with Crippen molar-refractivity contribution in [2.45, 2.75) is 32.3 Å². The van der Waals surface area contributed by atoms with Gasteiger partial charge in [0, 0.05) is 12.0 Å². The van der Waals surface area contributed by atoms with Gasteiger partial charge in [0.1, 0.15) is 12.4 Å². The minimum atomic E-state index is -0.475. The molecule has 34 heavy (non-hydrogen) atoms. The van der Waals surface area contributed by atoms with E-state index in [9.17, 15) is 14.4 Å². The molecular formula is C27H28N2O5. The average molecular weight is 461 g/mol. The van der Waals surface area contributed by atoms with Crippen molar-refractivity contribution < 1.29 is 23.9 Å². The van der Waals surface area contributed by atoms with Gasteiger partial charge in [-0.3, -0.25) is 25.2 Å². The molecule has 3 aromatic rings. The molecule has 0 fully saturated rings. The Labute approximate surface area is 199 Å². The average Bonchev–Trinajstić information content (AvgIpc) is 2.89. The van der Waals surface area contributed by atoms with E-state index in [4.69, 9.17) is 9.47 Å². The standard InChI is InChI=1S/C27H28N2O5/c30-25(17-18-26(31)33-19-7-12-21-8-3-1-4-9-21)28-29-27(32)23-13-15-24(16-14-23)34-20-22-10-5-2-6-11-22/h1-6,8-11,13-16H,7,12,17-20H2,(H,28,30)(H,29,32). The molecule has 2 N–H and O–H groups in total. The predicted molar refractivity (Wildman–Crippen MR) is 128 cm³/mol. The smallest absolute Gasteiger partial charge is 0.306 e. The Kier molecular flexibility index (Phi) is 9.68. The lowest BCUT2D eigenvalue weighted by atomic mass is 10.1. The summed E-state index contributed by atoms with van der Waals surface area (Å²) in [4.78, 5) is 35.9. The van der Waals surface area contributed by atoms with E-state index in [2.05, 4.69) is 10.9 Å². The molecule has 0 saturated heterocycles. The van der Waals surface area contributed by atoms with Gasteiger partial charge in [-0.15, -0.1) is 0 Å². The van der Waals surface area contributed by atoms with Crippen LogP contribution in [0.2, 0.25) is 0 Å². The third kappa shape index (κ3) is 8.78. The van der Waals surface area contributed by atoms with Gasteiger partial charge in [0.15, 0.2) is 0 Å². The molecule has 176 valence electrons. The largest absolute Gasteiger partial charge is 0.489 e. The van der Waals surface area contributed by atoms with E-state index in [-0.39, 0.29) is 12.8 Å². The highest BCUT2D eigenvalue weighted by Gasteiger charge is 2.10. The van der Waals surface area contributed by atoms with Crippen LogP contribution in [0.25, 0.3) is 0 Å². The van der Waals surface area contributed by atoms with Gasteiger partial charge in [0.05, 0.1) is 13.0 Å². The Balaban J connectivity index is 1.28. The minimum absolute atomic E-state index is 0.0551. The molecule has 0 heterocycles. The summed E-state index contributed by atoms with van der Waals surface area (Å²) in [6, 6.07) is 26.3. The second-order valence-corrected chi connectivity index (χ2v) is 7.61. The second kappa shape index (κ2) is 13.4. The summed E-state index contributed by atoms with van der Waals surface area (Å²) in [5.74, 6) is -0.754. The number of carbonyl (C=O) groups is 3. The second-order valence-electron chi connectivity index (χ2n) is 7.61. The van der Waals surface area contributed by atoms with Crippen LogP contribution in [0.15, 0.2) is 84.9 Å². The fourth-order valence-corrected chi connectivity index (χ4v) is 3.10. The summed E-state index contributed by atoms with van der Waals surface area (Å²) in [6.45, 7) is 0.731. The SMILES string of the molecule is O=C(CCC(=O)OCCCc1ccccc1)NNC(=O)c1ccc(OCc2ccccc2)cc1. The van der Waals surface area contributed by atoms with E-state index in [1.54, 1.807) is 24.3 Å². The number of aryl methyl sites for hydroxylation is 1. The quantitative estimate of drug-likeness (QED) is 0.256. The lowest BCUT2D eigenvalue weighted by molar-refractivity contribution is -0.145. The van der Waals surface area contributed by atoms with Gasteiger partial charge in [-0.2, -0.15) is 0 Å². The summed E-state index contributed by atoms with van der Waals surface area (Å²) in [5, 5.41) is 0. The molecule has 0 aliphatic rings. The van der Waals surface area contributed by atoms with E-state index in [0.29, 0.717) is 30.9 Å². The molecule has 0 saturated carbocycles. The van der Waals surface area contributed by atoms with Gasteiger partial charge in [-0.1, -0.05) is 60.7 Å². The molecule has 0 spiro atoms. The predicted octanol–water partition coefficient (Wildman–Crippen LogP) is 3.98. The highest BCUT2D eigenvalue weighted by Crippen LogP contribution is 2.14. The first-order valence-electron chi connectivity index (χ1n) is 11.2. The van der Waals surface area contributed by atoms with E-state index < -0.39 is 17.8 Å². The Bertz CT molecular complexity index is 1050. The van der Waals surface area contributed by atoms with E-state index in [0.717, 1.165) is 12.0 Å². The fraction of sp³-hybridized carbons (Fsp3) is 0.222. The van der Waals surface area contributed by atoms with Crippen molar-refractivity contribution in [3.8, 4) is 5.75 Å². The van der Waals surface area contributed by atoms with E-state index >= 15 is 0 Å². The molecule has 0 aliphatic heterocycles. The van der Waals surface area contributed by atoms with Crippen LogP contribution < -0.4 is 15.6 Å². The normalized spacial score (nSPS) is 10.2. The Hall–Kier alpha value is -4.13. The van der Waals surface area contributed by atoms with E-state index in [1.807, 2.05) is 60.7 Å². The van der Waals surface area contributed by atoms with Crippen molar-refractivity contribution >= 4 is 17.8 Å². The van der Waals surface area contributed by atoms with Crippen molar-refractivity contribution in [1.29, 1.82) is 0 Å². The van der Waals surface area contributed by atoms with Crippen LogP contribution in [0.1, 0.15) is 40.7 Å². The van der Waals surface area contributed by atoms with Crippen LogP contribution in [-0.4, -0.2) is 24.4 Å². The van der Waals surface area contributed by atoms with Gasteiger partial charge < -0.3 is 9.47 Å². The summed E-state index contributed by atoms with van der Waals surface area (Å²) < 4.78 is 10.8. The summed E-state index contributed by atoms with van der Waals surface area (Å²) in [5.41, 5.74) is 7.24. The van der Waals surface area contributed by atoms with Crippen LogP contribution in [-0.2, 0) is 27.4 Å². The number of benzene rings is 3. The van der Waals surface area contributed by atoms with Gasteiger partial charge in [0.25, 0.3) is 5.91 Å². The molecule has 0 aromatic heterocycles. The number of amides is 2. The van der Waals surface area contributed by atoms with Gasteiger partial charge in [-0.25, -0.2) is 0 Å². The first-order chi connectivity index (χ1) is 16.6. The number of hydrazine groups is 1. The van der Waals surface area contributed by atoms with Crippen LogP contribution in [0.5, 0.6) is 5.75 Å². The first kappa shape index (κ1) is 24.5. The minimum Gasteiger partial charge on any atom is -0.489 e. The molecular weight excluding hydrogens is 432 g/mol. The van der Waals surface area contributed by atoms with Gasteiger partial charge in [-0.05, 0) is 48.2 Å². The topological polar surface area (TPSA) is 93.7 Å². The molecule has 0 bridgehead atoms. The highest BCUT2D eigenvalue weighted by molar-refractivity contribution is 5.95. The Morgan fingerprint density at radius 3 is 2.03 bits per heavy atom. The van der Waals surface area contributed by atoms with Crippen LogP contribution in [0.3, 0.4) is 0 Å². The molecule has 7 nitrogen and oxygen atoms in total. The van der Waals surface area contributed by atoms with Crippen LogP contribution in [0.4, 0.5) is 0 Å². The molecule has 3 rings (SSSR count). The molecule has 7 heteroatoms. The molecule has 0 aliphatic carbocycles. The number of hydrogen-bond acceptors (Lipinski definition) is 5. The zero-order chi connectivity index (χ0) is 24.0. The maximum Gasteiger partial charge on any atom is 0.306 e. The molecule has 2 amide bonds. The van der Waals surface area contributed by atoms with E-state index in [1.165, 1.54) is 5.56 Å². The number of carbonyl (C=O) groups excluding carboxylic acids is 3. The van der Waals surface area contributed by atoms with Gasteiger partial charge >= 0.3 is 5.97 Å². The Morgan fingerprint density at radius 2 is 1.35 bits per heavy atom. The zero-order valence-corrected chi connectivity index (χ0v) is 18.9. The number of ether oxygens (including phenoxy) is 2. The van der Waals surface area contributed by atoms with Crippen molar-refractivity contribution in [2.24, 2.45) is 0 Å². The third-order valence-corrected chi connectivity index (χ3v) is 4.95. The van der Waals surface area contributed by atoms with Crippen LogP contribution in [0, 0.1) is 0 Å². The first-order valence-corrected chi connectivity index (χ1v) is 11.2. The Morgan fingerprint density at radius 1 is 0.706 bits per heavy atom. The van der Waals surface area contributed by atoms with Crippen molar-refractivity contribution in [3.05, 3.63) is 102 Å². The molecule has 0 unspecified atom stereocenters. The van der Waals surface area contributed by atoms with Gasteiger partial charge in [0.2, 0.25) is 5.91 Å². The fourth-order valence-electron chi connectivity index (χ4n) is 3.10.